The molecule has 2 heterocycles. The summed E-state index contributed by atoms with van der Waals surface area (Å²) in [4.78, 5) is 27.7. The van der Waals surface area contributed by atoms with Crippen molar-refractivity contribution in [2.75, 3.05) is 38.1 Å². The number of piperidine rings is 1. The number of carbonyl (C=O) groups excluding carboxylic acids is 2. The lowest BCUT2D eigenvalue weighted by Crippen LogP contribution is -2.38. The summed E-state index contributed by atoms with van der Waals surface area (Å²) in [6.45, 7) is 4.43. The molecule has 0 radical (unpaired) electrons. The summed E-state index contributed by atoms with van der Waals surface area (Å²) < 4.78 is 40.0. The van der Waals surface area contributed by atoms with E-state index in [0.717, 1.165) is 25.7 Å². The second-order valence-corrected chi connectivity index (χ2v) is 11.0. The van der Waals surface area contributed by atoms with Gasteiger partial charge in [-0.05, 0) is 61.9 Å². The number of para-hydroxylation sites is 1. The summed E-state index contributed by atoms with van der Waals surface area (Å²) in [6, 6.07) is 10.6. The van der Waals surface area contributed by atoms with Gasteiger partial charge in [0.25, 0.3) is 21.8 Å². The Morgan fingerprint density at radius 3 is 2.53 bits per heavy atom. The molecule has 0 aromatic heterocycles. The van der Waals surface area contributed by atoms with Crippen LogP contribution >= 0.6 is 0 Å². The molecule has 2 aliphatic rings. The van der Waals surface area contributed by atoms with E-state index in [1.54, 1.807) is 23.1 Å². The first-order chi connectivity index (χ1) is 17.3. The van der Waals surface area contributed by atoms with Gasteiger partial charge >= 0.3 is 0 Å². The van der Waals surface area contributed by atoms with Crippen LogP contribution in [0.25, 0.3) is 0 Å². The Hall–Kier alpha value is -3.11. The molecule has 2 aromatic rings. The van der Waals surface area contributed by atoms with Crippen LogP contribution in [0.5, 0.6) is 5.75 Å². The van der Waals surface area contributed by atoms with Gasteiger partial charge in [-0.2, -0.15) is 0 Å². The quantitative estimate of drug-likeness (QED) is 0.558. The number of ether oxygens (including phenoxy) is 2. The van der Waals surface area contributed by atoms with Crippen LogP contribution in [0.3, 0.4) is 0 Å². The molecule has 0 saturated carbocycles. The van der Waals surface area contributed by atoms with E-state index in [0.29, 0.717) is 37.9 Å². The van der Waals surface area contributed by atoms with Gasteiger partial charge in [-0.25, -0.2) is 8.42 Å². The first kappa shape index (κ1) is 26.0. The smallest absolute Gasteiger partial charge is 0.261 e. The molecule has 36 heavy (non-hydrogen) atoms. The van der Waals surface area contributed by atoms with Gasteiger partial charge in [0.2, 0.25) is 0 Å². The van der Waals surface area contributed by atoms with Crippen LogP contribution in [0.2, 0.25) is 0 Å². The van der Waals surface area contributed by atoms with Crippen molar-refractivity contribution in [2.24, 2.45) is 5.92 Å². The van der Waals surface area contributed by atoms with E-state index in [9.17, 15) is 18.0 Å². The molecule has 1 atom stereocenters. The first-order valence-electron chi connectivity index (χ1n) is 12.3. The fraction of sp³-hybridized carbons (Fsp3) is 0.462. The first-order valence-corrected chi connectivity index (χ1v) is 13.8. The molecule has 0 bridgehead atoms. The molecule has 4 rings (SSSR count). The Morgan fingerprint density at radius 1 is 1.08 bits per heavy atom. The standard InChI is InChI=1S/C26H33N3O6S/c1-18-11-13-29(14-12-18)26(31)22-16-20(9-10-24(22)34-2)36(32,33)28-23-8-4-3-7-21(23)25(30)27-17-19-6-5-15-35-19/h3-4,7-10,16,18-19,28H,5-6,11-15,17H2,1-2H3,(H,27,30)/t19-/m0/s1. The molecule has 9 nitrogen and oxygen atoms in total. The molecule has 2 saturated heterocycles. The van der Waals surface area contributed by atoms with Crippen molar-refractivity contribution in [1.82, 2.24) is 10.2 Å². The molecule has 0 unspecified atom stereocenters. The van der Waals surface area contributed by atoms with Crippen molar-refractivity contribution in [1.29, 1.82) is 0 Å². The van der Waals surface area contributed by atoms with Crippen LogP contribution in [0.4, 0.5) is 5.69 Å². The van der Waals surface area contributed by atoms with E-state index in [-0.39, 0.29) is 33.7 Å². The lowest BCUT2D eigenvalue weighted by molar-refractivity contribution is 0.0693. The molecule has 2 aliphatic heterocycles. The number of anilines is 1. The van der Waals surface area contributed by atoms with Crippen LogP contribution in [-0.4, -0.2) is 64.6 Å². The maximum absolute atomic E-state index is 13.3. The van der Waals surface area contributed by atoms with Crippen molar-refractivity contribution in [3.05, 3.63) is 53.6 Å². The molecular weight excluding hydrogens is 482 g/mol. The van der Waals surface area contributed by atoms with Crippen molar-refractivity contribution in [3.63, 3.8) is 0 Å². The highest BCUT2D eigenvalue weighted by Gasteiger charge is 2.27. The monoisotopic (exact) mass is 515 g/mol. The number of nitrogens with zero attached hydrogens (tertiary/aromatic N) is 1. The van der Waals surface area contributed by atoms with Crippen LogP contribution in [-0.2, 0) is 14.8 Å². The van der Waals surface area contributed by atoms with E-state index in [4.69, 9.17) is 9.47 Å². The molecule has 0 spiro atoms. The largest absolute Gasteiger partial charge is 0.496 e. The van der Waals surface area contributed by atoms with Gasteiger partial charge in [-0.1, -0.05) is 19.1 Å². The summed E-state index contributed by atoms with van der Waals surface area (Å²) in [5.74, 6) is 0.208. The minimum atomic E-state index is -4.10. The van der Waals surface area contributed by atoms with Gasteiger partial charge in [-0.3, -0.25) is 14.3 Å². The number of nitrogens with one attached hydrogen (secondary N) is 2. The Kier molecular flexibility index (Phi) is 8.15. The number of rotatable bonds is 8. The van der Waals surface area contributed by atoms with Crippen molar-refractivity contribution in [3.8, 4) is 5.75 Å². The number of amides is 2. The Balaban J connectivity index is 1.54. The number of hydrogen-bond acceptors (Lipinski definition) is 6. The Labute approximate surface area is 212 Å². The van der Waals surface area contributed by atoms with E-state index < -0.39 is 15.9 Å². The number of likely N-dealkylation sites (tertiary alicyclic amines) is 1. The normalized spacial score (nSPS) is 18.6. The van der Waals surface area contributed by atoms with Gasteiger partial charge in [0.1, 0.15) is 5.75 Å². The summed E-state index contributed by atoms with van der Waals surface area (Å²) in [6.07, 6.45) is 3.61. The average Bonchev–Trinajstić information content (AvgIpc) is 3.41. The number of carbonyl (C=O) groups is 2. The van der Waals surface area contributed by atoms with E-state index >= 15 is 0 Å². The highest BCUT2D eigenvalue weighted by molar-refractivity contribution is 7.92. The molecule has 2 fully saturated rings. The average molecular weight is 516 g/mol. The van der Waals surface area contributed by atoms with Gasteiger partial charge in [0, 0.05) is 26.2 Å². The van der Waals surface area contributed by atoms with Gasteiger partial charge in [0.15, 0.2) is 0 Å². The zero-order valence-corrected chi connectivity index (χ0v) is 21.5. The summed E-state index contributed by atoms with van der Waals surface area (Å²) >= 11 is 0. The second kappa shape index (κ2) is 11.3. The predicted molar refractivity (Wildman–Crippen MR) is 136 cm³/mol. The third-order valence-corrected chi connectivity index (χ3v) is 8.08. The predicted octanol–water partition coefficient (Wildman–Crippen LogP) is 3.28. The number of hydrogen-bond donors (Lipinski definition) is 2. The van der Waals surface area contributed by atoms with E-state index in [1.807, 2.05) is 0 Å². The molecule has 0 aliphatic carbocycles. The van der Waals surface area contributed by atoms with Gasteiger partial charge in [0.05, 0.1) is 34.9 Å². The minimum absolute atomic E-state index is 0.0313. The molecule has 2 N–H and O–H groups in total. The number of sulfonamides is 1. The number of methoxy groups -OCH3 is 1. The summed E-state index contributed by atoms with van der Waals surface area (Å²) in [5.41, 5.74) is 0.542. The third-order valence-electron chi connectivity index (χ3n) is 6.71. The lowest BCUT2D eigenvalue weighted by Gasteiger charge is -2.30. The fourth-order valence-electron chi connectivity index (χ4n) is 4.48. The maximum atomic E-state index is 13.3. The Morgan fingerprint density at radius 2 is 1.83 bits per heavy atom. The van der Waals surface area contributed by atoms with Crippen molar-refractivity contribution in [2.45, 2.75) is 43.6 Å². The summed E-state index contributed by atoms with van der Waals surface area (Å²) in [5, 5.41) is 2.82. The van der Waals surface area contributed by atoms with Crippen molar-refractivity contribution < 1.29 is 27.5 Å². The number of benzene rings is 2. The summed E-state index contributed by atoms with van der Waals surface area (Å²) in [7, 11) is -2.65. The fourth-order valence-corrected chi connectivity index (χ4v) is 5.59. The van der Waals surface area contributed by atoms with Crippen LogP contribution in [0, 0.1) is 5.92 Å². The van der Waals surface area contributed by atoms with E-state index in [2.05, 4.69) is 17.0 Å². The lowest BCUT2D eigenvalue weighted by atomic mass is 9.98. The molecular formula is C26H33N3O6S. The molecule has 2 amide bonds. The van der Waals surface area contributed by atoms with Crippen LogP contribution in [0.1, 0.15) is 53.3 Å². The zero-order chi connectivity index (χ0) is 25.7. The highest BCUT2D eigenvalue weighted by Crippen LogP contribution is 2.28. The Bertz CT molecular complexity index is 1200. The highest BCUT2D eigenvalue weighted by atomic mass is 32.2. The minimum Gasteiger partial charge on any atom is -0.496 e. The van der Waals surface area contributed by atoms with Gasteiger partial charge < -0.3 is 19.7 Å². The topological polar surface area (TPSA) is 114 Å². The van der Waals surface area contributed by atoms with E-state index in [1.165, 1.54) is 31.4 Å². The molecule has 194 valence electrons. The van der Waals surface area contributed by atoms with Crippen molar-refractivity contribution >= 4 is 27.5 Å². The van der Waals surface area contributed by atoms with Crippen LogP contribution in [0.15, 0.2) is 47.4 Å². The van der Waals surface area contributed by atoms with Gasteiger partial charge in [-0.15, -0.1) is 0 Å². The second-order valence-electron chi connectivity index (χ2n) is 9.33. The maximum Gasteiger partial charge on any atom is 0.261 e. The SMILES string of the molecule is COc1ccc(S(=O)(=O)Nc2ccccc2C(=O)NC[C@@H]2CCCO2)cc1C(=O)N1CCC(C)CC1. The molecule has 10 heteroatoms. The molecule has 2 aromatic carbocycles. The zero-order valence-electron chi connectivity index (χ0n) is 20.7. The van der Waals surface area contributed by atoms with Crippen LogP contribution < -0.4 is 14.8 Å². The third kappa shape index (κ3) is 5.99.